The Labute approximate surface area is 112 Å². The summed E-state index contributed by atoms with van der Waals surface area (Å²) in [5.41, 5.74) is 7.44. The van der Waals surface area contributed by atoms with E-state index in [1.54, 1.807) is 0 Å². The van der Waals surface area contributed by atoms with E-state index in [9.17, 15) is 0 Å². The lowest BCUT2D eigenvalue weighted by atomic mass is 9.74. The van der Waals surface area contributed by atoms with Crippen molar-refractivity contribution >= 4 is 11.5 Å². The van der Waals surface area contributed by atoms with E-state index in [0.717, 1.165) is 25.1 Å². The van der Waals surface area contributed by atoms with Gasteiger partial charge in [0.1, 0.15) is 0 Å². The minimum absolute atomic E-state index is 0.0338. The first-order chi connectivity index (χ1) is 8.79. The number of nitrogens with zero attached hydrogens (tertiary/aromatic N) is 2. The fourth-order valence-corrected chi connectivity index (χ4v) is 3.98. The highest BCUT2D eigenvalue weighted by atomic mass is 32.1. The van der Waals surface area contributed by atoms with Crippen molar-refractivity contribution in [3.63, 3.8) is 0 Å². The lowest BCUT2D eigenvalue weighted by Gasteiger charge is -2.44. The van der Waals surface area contributed by atoms with Crippen LogP contribution in [0.15, 0.2) is 5.38 Å². The molecule has 0 aromatic carbocycles. The summed E-state index contributed by atoms with van der Waals surface area (Å²) in [4.78, 5) is 0. The molecule has 0 amide bonds. The molecule has 1 aliphatic heterocycles. The third-order valence-electron chi connectivity index (χ3n) is 4.52. The average molecular weight is 267 g/mol. The monoisotopic (exact) mass is 267 g/mol. The smallest absolute Gasteiger partial charge is 0.0925 e. The van der Waals surface area contributed by atoms with Crippen LogP contribution in [0.4, 0.5) is 0 Å². The molecule has 18 heavy (non-hydrogen) atoms. The molecule has 4 nitrogen and oxygen atoms in total. The second kappa shape index (κ2) is 5.23. The van der Waals surface area contributed by atoms with E-state index < -0.39 is 0 Å². The Bertz CT molecular complexity index is 370. The van der Waals surface area contributed by atoms with Crippen molar-refractivity contribution in [1.29, 1.82) is 0 Å². The summed E-state index contributed by atoms with van der Waals surface area (Å²) in [5.74, 6) is 0.501. The van der Waals surface area contributed by atoms with Gasteiger partial charge in [0.05, 0.1) is 17.3 Å². The van der Waals surface area contributed by atoms with E-state index in [0.29, 0.717) is 5.92 Å². The molecule has 2 unspecified atom stereocenters. The van der Waals surface area contributed by atoms with Crippen LogP contribution in [0, 0.1) is 5.92 Å². The van der Waals surface area contributed by atoms with Gasteiger partial charge in [-0.3, -0.25) is 0 Å². The first-order valence-electron chi connectivity index (χ1n) is 6.96. The molecule has 1 aromatic rings. The van der Waals surface area contributed by atoms with Gasteiger partial charge in [0.15, 0.2) is 0 Å². The summed E-state index contributed by atoms with van der Waals surface area (Å²) >= 11 is 1.39. The quantitative estimate of drug-likeness (QED) is 0.895. The SMILES string of the molecule is NC(c1csnn1)C1CCOC2(CCCCC2)C1. The molecule has 2 heterocycles. The Hall–Kier alpha value is -0.520. The van der Waals surface area contributed by atoms with Gasteiger partial charge in [-0.2, -0.15) is 0 Å². The molecule has 1 spiro atoms. The van der Waals surface area contributed by atoms with Gasteiger partial charge in [0.25, 0.3) is 0 Å². The molecule has 2 fully saturated rings. The Morgan fingerprint density at radius 1 is 1.39 bits per heavy atom. The lowest BCUT2D eigenvalue weighted by Crippen LogP contribution is -2.44. The zero-order valence-electron chi connectivity index (χ0n) is 10.7. The van der Waals surface area contributed by atoms with Crippen molar-refractivity contribution in [3.05, 3.63) is 11.1 Å². The van der Waals surface area contributed by atoms with Gasteiger partial charge < -0.3 is 10.5 Å². The molecule has 1 saturated heterocycles. The predicted octanol–water partition coefficient (Wildman–Crippen LogP) is 2.67. The van der Waals surface area contributed by atoms with Crippen molar-refractivity contribution in [2.45, 2.75) is 56.6 Å². The Morgan fingerprint density at radius 2 is 2.22 bits per heavy atom. The Morgan fingerprint density at radius 3 is 2.94 bits per heavy atom. The molecule has 0 bridgehead atoms. The largest absolute Gasteiger partial charge is 0.375 e. The highest BCUT2D eigenvalue weighted by Gasteiger charge is 2.40. The topological polar surface area (TPSA) is 61.0 Å². The summed E-state index contributed by atoms with van der Waals surface area (Å²) in [5, 5.41) is 6.11. The van der Waals surface area contributed by atoms with Crippen LogP contribution in [-0.2, 0) is 4.74 Å². The molecule has 0 radical (unpaired) electrons. The first kappa shape index (κ1) is 12.5. The molecular formula is C13H21N3OS. The summed E-state index contributed by atoms with van der Waals surface area (Å²) in [6, 6.07) is 0.0338. The van der Waals surface area contributed by atoms with Gasteiger partial charge in [0.2, 0.25) is 0 Å². The standard InChI is InChI=1S/C13H21N3OS/c14-12(11-9-18-16-15-11)10-4-7-17-13(8-10)5-2-1-3-6-13/h9-10,12H,1-8,14H2. The summed E-state index contributed by atoms with van der Waals surface area (Å²) in [6.07, 6.45) is 8.56. The maximum absolute atomic E-state index is 6.35. The van der Waals surface area contributed by atoms with Crippen LogP contribution in [0.3, 0.4) is 0 Å². The second-order valence-electron chi connectivity index (χ2n) is 5.70. The van der Waals surface area contributed by atoms with E-state index in [1.165, 1.54) is 43.6 Å². The Balaban J connectivity index is 1.70. The lowest BCUT2D eigenvalue weighted by molar-refractivity contribution is -0.120. The maximum Gasteiger partial charge on any atom is 0.0925 e. The summed E-state index contributed by atoms with van der Waals surface area (Å²) in [7, 11) is 0. The minimum Gasteiger partial charge on any atom is -0.375 e. The van der Waals surface area contributed by atoms with Gasteiger partial charge in [-0.1, -0.05) is 23.8 Å². The maximum atomic E-state index is 6.35. The van der Waals surface area contributed by atoms with Gasteiger partial charge in [-0.25, -0.2) is 0 Å². The third-order valence-corrected chi connectivity index (χ3v) is 5.04. The van der Waals surface area contributed by atoms with Crippen LogP contribution in [0.25, 0.3) is 0 Å². The van der Waals surface area contributed by atoms with Crippen molar-refractivity contribution in [3.8, 4) is 0 Å². The third kappa shape index (κ3) is 2.44. The average Bonchev–Trinajstić information content (AvgIpc) is 2.93. The molecule has 1 aliphatic carbocycles. The van der Waals surface area contributed by atoms with Gasteiger partial charge in [0, 0.05) is 12.0 Å². The van der Waals surface area contributed by atoms with Gasteiger partial charge in [-0.15, -0.1) is 5.10 Å². The van der Waals surface area contributed by atoms with Crippen molar-refractivity contribution in [2.24, 2.45) is 11.7 Å². The van der Waals surface area contributed by atoms with E-state index in [4.69, 9.17) is 10.5 Å². The van der Waals surface area contributed by atoms with Crippen LogP contribution in [0.1, 0.15) is 56.7 Å². The number of hydrogen-bond donors (Lipinski definition) is 1. The normalized spacial score (nSPS) is 29.3. The van der Waals surface area contributed by atoms with Crippen molar-refractivity contribution in [2.75, 3.05) is 6.61 Å². The molecule has 100 valence electrons. The van der Waals surface area contributed by atoms with Crippen LogP contribution < -0.4 is 5.73 Å². The van der Waals surface area contributed by atoms with Crippen LogP contribution in [0.5, 0.6) is 0 Å². The second-order valence-corrected chi connectivity index (χ2v) is 6.31. The van der Waals surface area contributed by atoms with Crippen molar-refractivity contribution < 1.29 is 4.74 Å². The fraction of sp³-hybridized carbons (Fsp3) is 0.846. The van der Waals surface area contributed by atoms with Gasteiger partial charge in [-0.05, 0) is 43.1 Å². The van der Waals surface area contributed by atoms with E-state index in [-0.39, 0.29) is 11.6 Å². The molecule has 2 aliphatic rings. The summed E-state index contributed by atoms with van der Waals surface area (Å²) < 4.78 is 10.0. The number of nitrogens with two attached hydrogens (primary N) is 1. The van der Waals surface area contributed by atoms with Crippen LogP contribution in [0.2, 0.25) is 0 Å². The zero-order chi connectivity index (χ0) is 12.4. The Kier molecular flexibility index (Phi) is 3.63. The molecule has 3 rings (SSSR count). The molecular weight excluding hydrogens is 246 g/mol. The summed E-state index contributed by atoms with van der Waals surface area (Å²) in [6.45, 7) is 0.857. The van der Waals surface area contributed by atoms with Crippen LogP contribution in [-0.4, -0.2) is 21.8 Å². The number of ether oxygens (including phenoxy) is 1. The minimum atomic E-state index is 0.0338. The van der Waals surface area contributed by atoms with Crippen LogP contribution >= 0.6 is 11.5 Å². The number of rotatable bonds is 2. The molecule has 5 heteroatoms. The van der Waals surface area contributed by atoms with Crippen molar-refractivity contribution in [1.82, 2.24) is 9.59 Å². The fourth-order valence-electron chi connectivity index (χ4n) is 3.48. The van der Waals surface area contributed by atoms with E-state index in [2.05, 4.69) is 9.59 Å². The zero-order valence-corrected chi connectivity index (χ0v) is 11.5. The predicted molar refractivity (Wildman–Crippen MR) is 71.3 cm³/mol. The number of hydrogen-bond acceptors (Lipinski definition) is 5. The molecule has 2 N–H and O–H groups in total. The first-order valence-corrected chi connectivity index (χ1v) is 7.79. The molecule has 1 saturated carbocycles. The van der Waals surface area contributed by atoms with Gasteiger partial charge >= 0.3 is 0 Å². The van der Waals surface area contributed by atoms with E-state index in [1.807, 2.05) is 5.38 Å². The highest BCUT2D eigenvalue weighted by molar-refractivity contribution is 7.03. The molecule has 2 atom stereocenters. The highest BCUT2D eigenvalue weighted by Crippen LogP contribution is 2.43. The number of aromatic nitrogens is 2. The van der Waals surface area contributed by atoms with E-state index >= 15 is 0 Å². The molecule has 1 aromatic heterocycles.